The molecule has 1 aromatic heterocycles. The Kier molecular flexibility index (Phi) is 2.88. The van der Waals surface area contributed by atoms with Gasteiger partial charge in [-0.05, 0) is 19.1 Å². The molecular formula is C16H14N2O. The first-order valence-corrected chi connectivity index (χ1v) is 6.36. The van der Waals surface area contributed by atoms with Crippen molar-refractivity contribution in [2.75, 3.05) is 0 Å². The number of nitrogens with zero attached hydrogens (tertiary/aromatic N) is 2. The summed E-state index contributed by atoms with van der Waals surface area (Å²) in [4.78, 5) is 16.6. The van der Waals surface area contributed by atoms with E-state index in [1.54, 1.807) is 12.1 Å². The zero-order valence-electron chi connectivity index (χ0n) is 10.7. The van der Waals surface area contributed by atoms with Crippen molar-refractivity contribution >= 4 is 11.0 Å². The molecular weight excluding hydrogens is 236 g/mol. The zero-order chi connectivity index (χ0) is 13.2. The molecule has 0 aliphatic carbocycles. The number of aromatic nitrogens is 2. The SMILES string of the molecule is CCn1c(-c2ccccc2)nc2c(=O)ccccc21. The van der Waals surface area contributed by atoms with Crippen LogP contribution in [0.4, 0.5) is 0 Å². The monoisotopic (exact) mass is 250 g/mol. The van der Waals surface area contributed by atoms with Crippen LogP contribution >= 0.6 is 0 Å². The molecule has 2 aromatic carbocycles. The van der Waals surface area contributed by atoms with Gasteiger partial charge in [0, 0.05) is 12.1 Å². The summed E-state index contributed by atoms with van der Waals surface area (Å²) in [5.41, 5.74) is 2.41. The molecule has 1 heterocycles. The Morgan fingerprint density at radius 2 is 1.68 bits per heavy atom. The minimum absolute atomic E-state index is 0.0376. The summed E-state index contributed by atoms with van der Waals surface area (Å²) in [5, 5.41) is 0. The molecule has 19 heavy (non-hydrogen) atoms. The minimum Gasteiger partial charge on any atom is -0.324 e. The molecule has 0 aliphatic rings. The van der Waals surface area contributed by atoms with Crippen LogP contribution in [0.1, 0.15) is 6.92 Å². The molecule has 3 rings (SSSR count). The topological polar surface area (TPSA) is 34.9 Å². The van der Waals surface area contributed by atoms with Gasteiger partial charge in [-0.3, -0.25) is 4.79 Å². The third-order valence-electron chi connectivity index (χ3n) is 3.20. The minimum atomic E-state index is -0.0376. The molecule has 0 radical (unpaired) electrons. The Balaban J connectivity index is 2.40. The van der Waals surface area contributed by atoms with E-state index in [0.29, 0.717) is 5.52 Å². The number of hydrogen-bond acceptors (Lipinski definition) is 2. The predicted octanol–water partition coefficient (Wildman–Crippen LogP) is 3.08. The third-order valence-corrected chi connectivity index (χ3v) is 3.20. The maximum Gasteiger partial charge on any atom is 0.206 e. The highest BCUT2D eigenvalue weighted by Gasteiger charge is 2.11. The average molecular weight is 250 g/mol. The van der Waals surface area contributed by atoms with Crippen LogP contribution < -0.4 is 5.43 Å². The number of fused-ring (bicyclic) bond motifs is 1. The Hall–Kier alpha value is -2.42. The molecule has 3 heteroatoms. The van der Waals surface area contributed by atoms with E-state index in [0.717, 1.165) is 23.4 Å². The summed E-state index contributed by atoms with van der Waals surface area (Å²) >= 11 is 0. The number of benzene rings is 1. The van der Waals surface area contributed by atoms with E-state index in [1.165, 1.54) is 0 Å². The first kappa shape index (κ1) is 11.7. The van der Waals surface area contributed by atoms with Gasteiger partial charge in [0.2, 0.25) is 5.43 Å². The lowest BCUT2D eigenvalue weighted by atomic mass is 10.2. The van der Waals surface area contributed by atoms with Crippen LogP contribution in [-0.4, -0.2) is 9.55 Å². The van der Waals surface area contributed by atoms with Crippen molar-refractivity contribution in [2.45, 2.75) is 13.5 Å². The summed E-state index contributed by atoms with van der Waals surface area (Å²) in [6, 6.07) is 17.1. The van der Waals surface area contributed by atoms with Gasteiger partial charge in [0.25, 0.3) is 0 Å². The molecule has 94 valence electrons. The van der Waals surface area contributed by atoms with Crippen LogP contribution in [0.3, 0.4) is 0 Å². The van der Waals surface area contributed by atoms with Gasteiger partial charge >= 0.3 is 0 Å². The second kappa shape index (κ2) is 4.69. The molecule has 0 N–H and O–H groups in total. The van der Waals surface area contributed by atoms with Gasteiger partial charge < -0.3 is 4.57 Å². The van der Waals surface area contributed by atoms with Crippen molar-refractivity contribution in [1.29, 1.82) is 0 Å². The first-order chi connectivity index (χ1) is 9.31. The zero-order valence-corrected chi connectivity index (χ0v) is 10.7. The van der Waals surface area contributed by atoms with Gasteiger partial charge in [-0.25, -0.2) is 4.98 Å². The lowest BCUT2D eigenvalue weighted by Gasteiger charge is -2.05. The quantitative estimate of drug-likeness (QED) is 0.700. The van der Waals surface area contributed by atoms with E-state index in [9.17, 15) is 4.79 Å². The molecule has 3 nitrogen and oxygen atoms in total. The standard InChI is InChI=1S/C16H14N2O/c1-2-18-13-10-6-7-11-14(19)15(13)17-16(18)12-8-4-3-5-9-12/h3-11H,2H2,1H3. The van der Waals surface area contributed by atoms with E-state index >= 15 is 0 Å². The van der Waals surface area contributed by atoms with Crippen LogP contribution in [-0.2, 0) is 6.54 Å². The van der Waals surface area contributed by atoms with Crippen LogP contribution in [0.5, 0.6) is 0 Å². The van der Waals surface area contributed by atoms with Crippen molar-refractivity contribution in [3.63, 3.8) is 0 Å². The number of rotatable bonds is 2. The molecule has 0 saturated carbocycles. The van der Waals surface area contributed by atoms with E-state index in [4.69, 9.17) is 0 Å². The number of aryl methyl sites for hydroxylation is 1. The molecule has 0 spiro atoms. The fourth-order valence-corrected chi connectivity index (χ4v) is 2.31. The van der Waals surface area contributed by atoms with Crippen molar-refractivity contribution in [3.05, 3.63) is 64.8 Å². The number of imidazole rings is 1. The Morgan fingerprint density at radius 3 is 2.42 bits per heavy atom. The van der Waals surface area contributed by atoms with Crippen LogP contribution in [0, 0.1) is 0 Å². The maximum absolute atomic E-state index is 12.0. The molecule has 0 unspecified atom stereocenters. The molecule has 0 aliphatic heterocycles. The van der Waals surface area contributed by atoms with Crippen molar-refractivity contribution in [1.82, 2.24) is 9.55 Å². The molecule has 0 amide bonds. The van der Waals surface area contributed by atoms with Gasteiger partial charge in [0.15, 0.2) is 0 Å². The smallest absolute Gasteiger partial charge is 0.206 e. The Bertz CT molecular complexity index is 776. The lowest BCUT2D eigenvalue weighted by Crippen LogP contribution is -1.97. The Morgan fingerprint density at radius 1 is 1.00 bits per heavy atom. The van der Waals surface area contributed by atoms with Crippen molar-refractivity contribution in [2.24, 2.45) is 0 Å². The van der Waals surface area contributed by atoms with Gasteiger partial charge in [-0.1, -0.05) is 42.5 Å². The number of hydrogen-bond donors (Lipinski definition) is 0. The largest absolute Gasteiger partial charge is 0.324 e. The third kappa shape index (κ3) is 1.93. The van der Waals surface area contributed by atoms with Crippen LogP contribution in [0.25, 0.3) is 22.4 Å². The van der Waals surface area contributed by atoms with E-state index in [-0.39, 0.29) is 5.43 Å². The Labute approximate surface area is 111 Å². The van der Waals surface area contributed by atoms with Gasteiger partial charge in [-0.2, -0.15) is 0 Å². The van der Waals surface area contributed by atoms with Crippen LogP contribution in [0.2, 0.25) is 0 Å². The highest BCUT2D eigenvalue weighted by molar-refractivity contribution is 5.79. The normalized spacial score (nSPS) is 10.8. The predicted molar refractivity (Wildman–Crippen MR) is 77.1 cm³/mol. The highest BCUT2D eigenvalue weighted by atomic mass is 16.1. The highest BCUT2D eigenvalue weighted by Crippen LogP contribution is 2.22. The molecule has 0 bridgehead atoms. The van der Waals surface area contributed by atoms with Crippen molar-refractivity contribution in [3.8, 4) is 11.4 Å². The van der Waals surface area contributed by atoms with Gasteiger partial charge in [-0.15, -0.1) is 0 Å². The fourth-order valence-electron chi connectivity index (χ4n) is 2.31. The summed E-state index contributed by atoms with van der Waals surface area (Å²) in [6.07, 6.45) is 0. The van der Waals surface area contributed by atoms with Gasteiger partial charge in [0.05, 0.1) is 5.52 Å². The van der Waals surface area contributed by atoms with Crippen molar-refractivity contribution < 1.29 is 0 Å². The summed E-state index contributed by atoms with van der Waals surface area (Å²) in [6.45, 7) is 2.84. The molecule has 3 aromatic rings. The first-order valence-electron chi connectivity index (χ1n) is 6.36. The second-order valence-corrected chi connectivity index (χ2v) is 4.36. The fraction of sp³-hybridized carbons (Fsp3) is 0.125. The van der Waals surface area contributed by atoms with Gasteiger partial charge in [0.1, 0.15) is 11.3 Å². The molecule has 0 saturated heterocycles. The summed E-state index contributed by atoms with van der Waals surface area (Å²) in [7, 11) is 0. The molecule has 0 atom stereocenters. The molecule has 0 fully saturated rings. The summed E-state index contributed by atoms with van der Waals surface area (Å²) < 4.78 is 2.08. The van der Waals surface area contributed by atoms with E-state index in [1.807, 2.05) is 42.5 Å². The average Bonchev–Trinajstić information content (AvgIpc) is 2.73. The van der Waals surface area contributed by atoms with E-state index < -0.39 is 0 Å². The lowest BCUT2D eigenvalue weighted by molar-refractivity contribution is 0.796. The van der Waals surface area contributed by atoms with E-state index in [2.05, 4.69) is 16.5 Å². The second-order valence-electron chi connectivity index (χ2n) is 4.36. The summed E-state index contributed by atoms with van der Waals surface area (Å²) in [5.74, 6) is 0.849. The van der Waals surface area contributed by atoms with Crippen LogP contribution in [0.15, 0.2) is 59.4 Å². The maximum atomic E-state index is 12.0.